The van der Waals surface area contributed by atoms with Crippen molar-refractivity contribution >= 4 is 22.5 Å². The van der Waals surface area contributed by atoms with Crippen LogP contribution in [0.5, 0.6) is 5.88 Å². The number of anilines is 2. The molecule has 1 fully saturated rings. The summed E-state index contributed by atoms with van der Waals surface area (Å²) in [6, 6.07) is 12.8. The van der Waals surface area contributed by atoms with Gasteiger partial charge in [0.1, 0.15) is 22.9 Å². The Morgan fingerprint density at radius 1 is 0.976 bits per heavy atom. The van der Waals surface area contributed by atoms with Gasteiger partial charge in [0.15, 0.2) is 5.82 Å². The number of nitrogens with one attached hydrogen (secondary N) is 1. The molecule has 7 rings (SSSR count). The predicted molar refractivity (Wildman–Crippen MR) is 158 cm³/mol. The molecule has 0 saturated carbocycles. The first kappa shape index (κ1) is 25.6. The summed E-state index contributed by atoms with van der Waals surface area (Å²) >= 11 is 0. The maximum atomic E-state index is 6.23. The Hall–Kier alpha value is -4.35. The maximum Gasteiger partial charge on any atom is 0.222 e. The van der Waals surface area contributed by atoms with E-state index in [4.69, 9.17) is 19.8 Å². The van der Waals surface area contributed by atoms with Gasteiger partial charge in [0.25, 0.3) is 0 Å². The number of benzene rings is 1. The summed E-state index contributed by atoms with van der Waals surface area (Å²) in [5.74, 6) is 2.53. The number of pyridine rings is 1. The number of likely N-dealkylation sites (N-methyl/N-ethyl adjacent to an activating group) is 1. The van der Waals surface area contributed by atoms with Crippen LogP contribution in [0.4, 0.5) is 11.6 Å². The topological polar surface area (TPSA) is 102 Å². The average Bonchev–Trinajstić information content (AvgIpc) is 3.55. The second-order valence-electron chi connectivity index (χ2n) is 11.0. The Kier molecular flexibility index (Phi) is 6.60. The van der Waals surface area contributed by atoms with Gasteiger partial charge in [0.05, 0.1) is 24.4 Å². The zero-order valence-electron chi connectivity index (χ0n) is 23.7. The van der Waals surface area contributed by atoms with Crippen molar-refractivity contribution in [2.75, 3.05) is 45.2 Å². The fourth-order valence-corrected chi connectivity index (χ4v) is 5.57. The second kappa shape index (κ2) is 10.6. The van der Waals surface area contributed by atoms with E-state index in [1.54, 1.807) is 17.1 Å². The van der Waals surface area contributed by atoms with E-state index in [9.17, 15) is 0 Å². The van der Waals surface area contributed by atoms with Crippen LogP contribution in [0.25, 0.3) is 33.5 Å². The van der Waals surface area contributed by atoms with Crippen molar-refractivity contribution in [2.45, 2.75) is 25.9 Å². The lowest BCUT2D eigenvalue weighted by atomic mass is 10.1. The van der Waals surface area contributed by atoms with Crippen LogP contribution >= 0.6 is 0 Å². The highest BCUT2D eigenvalue weighted by molar-refractivity contribution is 5.94. The van der Waals surface area contributed by atoms with Gasteiger partial charge in [-0.05, 0) is 25.6 Å². The molecule has 2 aliphatic heterocycles. The first-order valence-electron chi connectivity index (χ1n) is 14.2. The fraction of sp³-hybridized carbons (Fsp3) is 0.367. The van der Waals surface area contributed by atoms with Crippen molar-refractivity contribution in [1.82, 2.24) is 44.3 Å². The van der Waals surface area contributed by atoms with Crippen molar-refractivity contribution in [1.29, 1.82) is 0 Å². The molecule has 0 amide bonds. The molecule has 0 spiro atoms. The molecule has 1 aromatic carbocycles. The molecule has 5 aromatic rings. The highest BCUT2D eigenvalue weighted by Gasteiger charge is 2.21. The van der Waals surface area contributed by atoms with Crippen LogP contribution in [0, 0.1) is 0 Å². The zero-order valence-corrected chi connectivity index (χ0v) is 23.7. The molecule has 1 atom stereocenters. The van der Waals surface area contributed by atoms with Crippen LogP contribution in [0.15, 0.2) is 55.0 Å². The lowest BCUT2D eigenvalue weighted by molar-refractivity contribution is 0.148. The number of ether oxygens (including phenoxy) is 1. The minimum absolute atomic E-state index is 0.0895. The molecule has 0 aliphatic carbocycles. The van der Waals surface area contributed by atoms with Crippen LogP contribution in [0.3, 0.4) is 0 Å². The number of rotatable bonds is 3. The third-order valence-corrected chi connectivity index (χ3v) is 8.05. The van der Waals surface area contributed by atoms with Crippen LogP contribution in [-0.4, -0.2) is 84.1 Å². The van der Waals surface area contributed by atoms with E-state index in [2.05, 4.69) is 68.1 Å². The average molecular weight is 551 g/mol. The third-order valence-electron chi connectivity index (χ3n) is 8.05. The van der Waals surface area contributed by atoms with E-state index in [1.165, 1.54) is 5.56 Å². The van der Waals surface area contributed by atoms with Crippen LogP contribution in [-0.2, 0) is 13.6 Å². The van der Waals surface area contributed by atoms with Gasteiger partial charge >= 0.3 is 0 Å². The molecule has 2 aliphatic rings. The smallest absolute Gasteiger partial charge is 0.222 e. The third kappa shape index (κ3) is 5.02. The molecular weight excluding hydrogens is 516 g/mol. The molecule has 0 unspecified atom stereocenters. The molecular formula is C30H34N10O. The van der Waals surface area contributed by atoms with Gasteiger partial charge in [-0.3, -0.25) is 9.58 Å². The van der Waals surface area contributed by atoms with Crippen LogP contribution < -0.4 is 10.1 Å². The van der Waals surface area contributed by atoms with Gasteiger partial charge in [-0.2, -0.15) is 10.2 Å². The molecule has 41 heavy (non-hydrogen) atoms. The van der Waals surface area contributed by atoms with Crippen LogP contribution in [0.1, 0.15) is 24.9 Å². The Morgan fingerprint density at radius 2 is 1.80 bits per heavy atom. The monoisotopic (exact) mass is 550 g/mol. The summed E-state index contributed by atoms with van der Waals surface area (Å²) in [4.78, 5) is 18.8. The summed E-state index contributed by atoms with van der Waals surface area (Å²) < 4.78 is 10.1. The fourth-order valence-electron chi connectivity index (χ4n) is 5.57. The molecule has 4 aromatic heterocycles. The van der Waals surface area contributed by atoms with Crippen molar-refractivity contribution < 1.29 is 4.74 Å². The predicted octanol–water partition coefficient (Wildman–Crippen LogP) is 4.12. The quantitative estimate of drug-likeness (QED) is 0.355. The molecule has 6 heterocycles. The number of hydrogen-bond acceptors (Lipinski definition) is 9. The second-order valence-corrected chi connectivity index (χ2v) is 11.0. The van der Waals surface area contributed by atoms with Gasteiger partial charge in [-0.15, -0.1) is 0 Å². The summed E-state index contributed by atoms with van der Waals surface area (Å²) in [6.45, 7) is 8.10. The lowest BCUT2D eigenvalue weighted by Crippen LogP contribution is -2.43. The summed E-state index contributed by atoms with van der Waals surface area (Å²) in [5, 5.41) is 13.9. The van der Waals surface area contributed by atoms with Gasteiger partial charge < -0.3 is 15.0 Å². The number of aromatic nitrogens is 7. The van der Waals surface area contributed by atoms with Crippen molar-refractivity contribution in [2.24, 2.45) is 7.05 Å². The summed E-state index contributed by atoms with van der Waals surface area (Å²) in [5.41, 5.74) is 5.10. The molecule has 0 radical (unpaired) electrons. The van der Waals surface area contributed by atoms with E-state index in [1.807, 2.05) is 25.4 Å². The van der Waals surface area contributed by atoms with Crippen molar-refractivity contribution in [3.8, 4) is 28.5 Å². The lowest BCUT2D eigenvalue weighted by Gasteiger charge is -2.32. The van der Waals surface area contributed by atoms with Gasteiger partial charge in [-0.25, -0.2) is 19.6 Å². The van der Waals surface area contributed by atoms with Gasteiger partial charge in [0, 0.05) is 75.6 Å². The molecule has 1 N–H and O–H groups in total. The number of piperazine rings is 1. The molecule has 1 saturated heterocycles. The number of fused-ring (bicyclic) bond motifs is 5. The first-order valence-corrected chi connectivity index (χ1v) is 14.2. The highest BCUT2D eigenvalue weighted by Crippen LogP contribution is 2.33. The zero-order chi connectivity index (χ0) is 27.9. The molecule has 11 nitrogen and oxygen atoms in total. The minimum atomic E-state index is 0.0895. The summed E-state index contributed by atoms with van der Waals surface area (Å²) in [6.07, 6.45) is 6.13. The van der Waals surface area contributed by atoms with Crippen molar-refractivity contribution in [3.05, 3.63) is 60.6 Å². The van der Waals surface area contributed by atoms with Crippen molar-refractivity contribution in [3.63, 3.8) is 0 Å². The maximum absolute atomic E-state index is 6.23. The highest BCUT2D eigenvalue weighted by atomic mass is 16.5. The number of hydrogen-bond donors (Lipinski definition) is 1. The van der Waals surface area contributed by atoms with Crippen LogP contribution in [0.2, 0.25) is 0 Å². The summed E-state index contributed by atoms with van der Waals surface area (Å²) in [7, 11) is 4.05. The SMILES string of the molecule is C[C@H]1CCOc2c(cnn2C)-c2nccc(n2)Nc2cc3c(cn2)c(-c2ccc(CN4CCN(C)CC4)cc2)nn31. The normalized spacial score (nSPS) is 18.1. The number of nitrogens with zero attached hydrogens (tertiary/aromatic N) is 9. The molecule has 210 valence electrons. The molecule has 11 heteroatoms. The molecule has 4 bridgehead atoms. The minimum Gasteiger partial charge on any atom is -0.477 e. The number of aryl methyl sites for hydroxylation is 1. The standard InChI is InChI=1S/C30H34N10O/c1-20-9-15-41-30-24(18-33-38(30)3)29-31-10-8-26(35-29)34-27-16-25-23(17-32-27)28(36-40(20)25)22-6-4-21(5-7-22)19-39-13-11-37(2)12-14-39/h4-8,10,16-18,20H,9,11-15,19H2,1-3H3,(H,31,32,34,35)/t20-/m0/s1. The first-order chi connectivity index (χ1) is 20.0. The Labute approximate surface area is 238 Å². The van der Waals surface area contributed by atoms with E-state index < -0.39 is 0 Å². The van der Waals surface area contributed by atoms with Gasteiger partial charge in [-0.1, -0.05) is 24.3 Å². The largest absolute Gasteiger partial charge is 0.477 e. The van der Waals surface area contributed by atoms with E-state index in [0.29, 0.717) is 29.9 Å². The Bertz CT molecular complexity index is 1680. The Morgan fingerprint density at radius 3 is 2.63 bits per heavy atom. The Balaban J connectivity index is 1.23. The van der Waals surface area contributed by atoms with E-state index >= 15 is 0 Å². The van der Waals surface area contributed by atoms with E-state index in [0.717, 1.165) is 66.9 Å². The van der Waals surface area contributed by atoms with E-state index in [-0.39, 0.29) is 6.04 Å². The van der Waals surface area contributed by atoms with Gasteiger partial charge in [0.2, 0.25) is 5.88 Å².